The maximum Gasteiger partial charge on any atom is 0.337 e. The van der Waals surface area contributed by atoms with Crippen LogP contribution in [0.2, 0.25) is 0 Å². The zero-order chi connectivity index (χ0) is 27.3. The summed E-state index contributed by atoms with van der Waals surface area (Å²) in [5.74, 6) is -1.36. The molecule has 1 saturated carbocycles. The average molecular weight is 644 g/mol. The minimum Gasteiger partial charge on any atom is -0.356 e. The van der Waals surface area contributed by atoms with E-state index in [1.807, 2.05) is 6.07 Å². The monoisotopic (exact) mass is 644 g/mol. The Morgan fingerprint density at radius 2 is 1.90 bits per heavy atom. The SMILES string of the molecule is O=C(N[C@H]1CC[C@@H](n2c(=O)c3cc(F)cnc3n(-c3cccc(I)c3)c2=O)CC1)C1=CN2C=C(F)C=CC2N1. The molecule has 3 aromatic rings. The highest BCUT2D eigenvalue weighted by Crippen LogP contribution is 2.28. The molecule has 0 bridgehead atoms. The third-order valence-electron chi connectivity index (χ3n) is 7.21. The smallest absolute Gasteiger partial charge is 0.337 e. The van der Waals surface area contributed by atoms with Crippen molar-refractivity contribution in [1.82, 2.24) is 29.7 Å². The summed E-state index contributed by atoms with van der Waals surface area (Å²) in [6.07, 6.45) is 8.55. The molecule has 1 amide bonds. The van der Waals surface area contributed by atoms with Crippen LogP contribution in [0.4, 0.5) is 8.78 Å². The Labute approximate surface area is 234 Å². The van der Waals surface area contributed by atoms with Crippen LogP contribution < -0.4 is 21.9 Å². The molecule has 0 saturated heterocycles. The van der Waals surface area contributed by atoms with E-state index in [0.29, 0.717) is 37.1 Å². The summed E-state index contributed by atoms with van der Waals surface area (Å²) in [6.45, 7) is 0. The quantitative estimate of drug-likeness (QED) is 0.423. The lowest BCUT2D eigenvalue weighted by molar-refractivity contribution is -0.118. The first kappa shape index (κ1) is 25.5. The lowest BCUT2D eigenvalue weighted by Crippen LogP contribution is -2.46. The Bertz CT molecular complexity index is 1700. The number of benzene rings is 1. The number of hydrogen-bond donors (Lipinski definition) is 2. The topological polar surface area (TPSA) is 101 Å². The number of fused-ring (bicyclic) bond motifs is 2. The van der Waals surface area contributed by atoms with Crippen LogP contribution in [-0.2, 0) is 4.79 Å². The van der Waals surface area contributed by atoms with Gasteiger partial charge in [-0.3, -0.25) is 14.2 Å². The molecule has 1 unspecified atom stereocenters. The van der Waals surface area contributed by atoms with Gasteiger partial charge in [0.15, 0.2) is 5.65 Å². The van der Waals surface area contributed by atoms with Crippen LogP contribution in [0.3, 0.4) is 0 Å². The van der Waals surface area contributed by atoms with Crippen molar-refractivity contribution < 1.29 is 13.6 Å². The predicted octanol–water partition coefficient (Wildman–Crippen LogP) is 3.34. The van der Waals surface area contributed by atoms with E-state index >= 15 is 0 Å². The maximum absolute atomic E-state index is 14.1. The molecule has 0 spiro atoms. The number of rotatable bonds is 4. The molecular weight excluding hydrogens is 621 g/mol. The number of aromatic nitrogens is 3. The lowest BCUT2D eigenvalue weighted by Gasteiger charge is -2.30. The number of allylic oxidation sites excluding steroid dienone is 2. The van der Waals surface area contributed by atoms with Crippen molar-refractivity contribution in [3.63, 3.8) is 0 Å². The van der Waals surface area contributed by atoms with Crippen molar-refractivity contribution in [3.8, 4) is 5.69 Å². The van der Waals surface area contributed by atoms with E-state index in [9.17, 15) is 23.2 Å². The Kier molecular flexibility index (Phi) is 6.57. The molecule has 1 fully saturated rings. The molecule has 9 nitrogen and oxygen atoms in total. The molecule has 39 heavy (non-hydrogen) atoms. The van der Waals surface area contributed by atoms with Crippen molar-refractivity contribution in [2.24, 2.45) is 0 Å². The largest absolute Gasteiger partial charge is 0.356 e. The van der Waals surface area contributed by atoms with Crippen LogP contribution >= 0.6 is 22.6 Å². The summed E-state index contributed by atoms with van der Waals surface area (Å²) >= 11 is 2.13. The van der Waals surface area contributed by atoms with E-state index in [0.717, 1.165) is 15.8 Å². The number of pyridine rings is 1. The first-order valence-corrected chi connectivity index (χ1v) is 13.6. The first-order valence-electron chi connectivity index (χ1n) is 12.5. The third kappa shape index (κ3) is 4.77. The third-order valence-corrected chi connectivity index (χ3v) is 7.88. The molecule has 200 valence electrons. The van der Waals surface area contributed by atoms with Crippen LogP contribution in [0.15, 0.2) is 82.2 Å². The van der Waals surface area contributed by atoms with Gasteiger partial charge in [0.25, 0.3) is 11.5 Å². The summed E-state index contributed by atoms with van der Waals surface area (Å²) < 4.78 is 31.1. The second-order valence-corrected chi connectivity index (χ2v) is 11.0. The van der Waals surface area contributed by atoms with E-state index < -0.39 is 28.9 Å². The Morgan fingerprint density at radius 1 is 1.10 bits per heavy atom. The number of nitrogens with one attached hydrogen (secondary N) is 2. The molecule has 2 aliphatic heterocycles. The van der Waals surface area contributed by atoms with E-state index in [1.54, 1.807) is 35.4 Å². The number of carbonyl (C=O) groups excluding carboxylic acids is 1. The minimum atomic E-state index is -0.662. The van der Waals surface area contributed by atoms with Gasteiger partial charge in [0, 0.05) is 28.1 Å². The lowest BCUT2D eigenvalue weighted by atomic mass is 9.90. The number of carbonyl (C=O) groups is 1. The Balaban J connectivity index is 1.25. The molecular formula is C27H23F2IN6O3. The fourth-order valence-corrected chi connectivity index (χ4v) is 5.88. The van der Waals surface area contributed by atoms with Gasteiger partial charge < -0.3 is 15.5 Å². The fraction of sp³-hybridized carbons (Fsp3) is 0.259. The van der Waals surface area contributed by atoms with Crippen LogP contribution in [0, 0.1) is 9.39 Å². The van der Waals surface area contributed by atoms with Gasteiger partial charge in [0.05, 0.1) is 17.3 Å². The highest BCUT2D eigenvalue weighted by molar-refractivity contribution is 14.1. The summed E-state index contributed by atoms with van der Waals surface area (Å²) in [6, 6.07) is 7.75. The number of amides is 1. The van der Waals surface area contributed by atoms with Gasteiger partial charge in [-0.15, -0.1) is 0 Å². The predicted molar refractivity (Wildman–Crippen MR) is 149 cm³/mol. The maximum atomic E-state index is 14.1. The van der Waals surface area contributed by atoms with Crippen molar-refractivity contribution in [2.45, 2.75) is 43.9 Å². The van der Waals surface area contributed by atoms with Crippen molar-refractivity contribution in [2.75, 3.05) is 0 Å². The van der Waals surface area contributed by atoms with Gasteiger partial charge >= 0.3 is 5.69 Å². The Hall–Kier alpha value is -3.81. The standard InChI is InChI=1S/C27H23F2IN6O3/c28-15-4-9-23-33-22(14-34(23)13-15)25(37)32-18-5-7-19(8-6-18)36-26(38)21-10-16(29)12-31-24(21)35(27(36)39)20-3-1-2-17(30)11-20/h1-4,9-14,18-19,23,33H,5-8H2,(H,32,37)/t18-,19+,23?. The van der Waals surface area contributed by atoms with Crippen LogP contribution in [0.1, 0.15) is 31.7 Å². The zero-order valence-electron chi connectivity index (χ0n) is 20.5. The molecule has 2 N–H and O–H groups in total. The van der Waals surface area contributed by atoms with E-state index in [4.69, 9.17) is 0 Å². The van der Waals surface area contributed by atoms with E-state index in [2.05, 4.69) is 38.2 Å². The zero-order valence-corrected chi connectivity index (χ0v) is 22.6. The minimum absolute atomic E-state index is 0.0270. The Morgan fingerprint density at radius 3 is 2.67 bits per heavy atom. The number of nitrogens with zero attached hydrogens (tertiary/aromatic N) is 4. The van der Waals surface area contributed by atoms with Crippen LogP contribution in [0.5, 0.6) is 0 Å². The molecule has 3 aliphatic rings. The summed E-state index contributed by atoms with van der Waals surface area (Å²) in [4.78, 5) is 45.7. The van der Waals surface area contributed by atoms with Gasteiger partial charge in [-0.2, -0.15) is 0 Å². The number of halogens is 3. The summed E-state index contributed by atoms with van der Waals surface area (Å²) in [5, 5.41) is 6.07. The van der Waals surface area contributed by atoms with Crippen LogP contribution in [0.25, 0.3) is 16.7 Å². The molecule has 1 atom stereocenters. The average Bonchev–Trinajstić information content (AvgIpc) is 3.34. The summed E-state index contributed by atoms with van der Waals surface area (Å²) in [7, 11) is 0. The van der Waals surface area contributed by atoms with E-state index in [1.165, 1.54) is 21.4 Å². The fourth-order valence-electron chi connectivity index (χ4n) is 5.35. The highest BCUT2D eigenvalue weighted by Gasteiger charge is 2.31. The molecule has 0 radical (unpaired) electrons. The first-order chi connectivity index (χ1) is 18.8. The normalized spacial score (nSPS) is 22.2. The van der Waals surface area contributed by atoms with Gasteiger partial charge in [-0.05, 0) is 84.7 Å². The van der Waals surface area contributed by atoms with Gasteiger partial charge in [0.1, 0.15) is 23.5 Å². The van der Waals surface area contributed by atoms with E-state index in [-0.39, 0.29) is 29.1 Å². The van der Waals surface area contributed by atoms with Crippen molar-refractivity contribution >= 4 is 39.5 Å². The molecule has 2 aromatic heterocycles. The van der Waals surface area contributed by atoms with Gasteiger partial charge in [0.2, 0.25) is 0 Å². The van der Waals surface area contributed by atoms with Gasteiger partial charge in [-0.25, -0.2) is 23.1 Å². The molecule has 1 aliphatic carbocycles. The summed E-state index contributed by atoms with van der Waals surface area (Å²) in [5.41, 5.74) is -0.154. The van der Waals surface area contributed by atoms with Crippen molar-refractivity contribution in [3.05, 3.63) is 103 Å². The molecule has 6 rings (SSSR count). The van der Waals surface area contributed by atoms with Crippen LogP contribution in [-0.4, -0.2) is 37.1 Å². The number of hydrogen-bond acceptors (Lipinski definition) is 6. The molecule has 1 aromatic carbocycles. The second kappa shape index (κ2) is 10.1. The van der Waals surface area contributed by atoms with Gasteiger partial charge in [-0.1, -0.05) is 6.07 Å². The molecule has 12 heteroatoms. The highest BCUT2D eigenvalue weighted by atomic mass is 127. The second-order valence-electron chi connectivity index (χ2n) is 9.73. The molecule has 4 heterocycles. The van der Waals surface area contributed by atoms with Crippen molar-refractivity contribution in [1.29, 1.82) is 0 Å².